The highest BCUT2D eigenvalue weighted by Gasteiger charge is 2.24. The topological polar surface area (TPSA) is 0 Å². The SMILES string of the molecule is CC(C)(C)c1c2ccccc2c(-c2cccc3ccccc23)c2ccc(-c3ccc4cc(-c5cc6ccccc6c6ccccc56)ccc4c3)cc12. The molecule has 0 aromatic heterocycles. The first-order valence-electron chi connectivity index (χ1n) is 18.3. The number of rotatable bonds is 3. The normalized spacial score (nSPS) is 12.1. The molecule has 0 aliphatic carbocycles. The van der Waals surface area contributed by atoms with Crippen LogP contribution in [0.4, 0.5) is 0 Å². The van der Waals surface area contributed by atoms with Crippen LogP contribution in [0, 0.1) is 0 Å². The highest BCUT2D eigenvalue weighted by molar-refractivity contribution is 6.19. The molecule has 0 nitrogen and oxygen atoms in total. The lowest BCUT2D eigenvalue weighted by Crippen LogP contribution is -2.13. The van der Waals surface area contributed by atoms with Gasteiger partial charge in [0.25, 0.3) is 0 Å². The van der Waals surface area contributed by atoms with Gasteiger partial charge < -0.3 is 0 Å². The van der Waals surface area contributed by atoms with Crippen LogP contribution < -0.4 is 0 Å². The molecule has 0 unspecified atom stereocenters. The Balaban J connectivity index is 1.16. The van der Waals surface area contributed by atoms with Crippen molar-refractivity contribution < 1.29 is 0 Å². The predicted octanol–water partition coefficient (Wildman–Crippen LogP) is 14.9. The minimum Gasteiger partial charge on any atom is -0.0616 e. The Labute approximate surface area is 304 Å². The zero-order chi connectivity index (χ0) is 35.0. The van der Waals surface area contributed by atoms with Crippen LogP contribution in [0.15, 0.2) is 176 Å². The van der Waals surface area contributed by atoms with E-state index in [1.165, 1.54) is 104 Å². The third-order valence-corrected chi connectivity index (χ3v) is 11.1. The zero-order valence-electron chi connectivity index (χ0n) is 29.7. The number of benzene rings is 10. The highest BCUT2D eigenvalue weighted by Crippen LogP contribution is 2.46. The summed E-state index contributed by atoms with van der Waals surface area (Å²) in [6, 6.07) is 65.4. The van der Waals surface area contributed by atoms with Gasteiger partial charge >= 0.3 is 0 Å². The quantitative estimate of drug-likeness (QED) is 0.130. The van der Waals surface area contributed by atoms with E-state index in [1.807, 2.05) is 0 Å². The molecule has 0 fully saturated rings. The van der Waals surface area contributed by atoms with Gasteiger partial charge in [-0.1, -0.05) is 172 Å². The van der Waals surface area contributed by atoms with Gasteiger partial charge in [-0.3, -0.25) is 0 Å². The minimum atomic E-state index is -0.0551. The van der Waals surface area contributed by atoms with E-state index in [0.29, 0.717) is 0 Å². The summed E-state index contributed by atoms with van der Waals surface area (Å²) < 4.78 is 0. The van der Waals surface area contributed by atoms with Gasteiger partial charge in [0.2, 0.25) is 0 Å². The molecule has 0 radical (unpaired) electrons. The molecule has 0 amide bonds. The van der Waals surface area contributed by atoms with Crippen LogP contribution in [0.25, 0.3) is 98.0 Å². The van der Waals surface area contributed by atoms with Gasteiger partial charge in [0, 0.05) is 0 Å². The van der Waals surface area contributed by atoms with Gasteiger partial charge in [0.05, 0.1) is 0 Å². The molecule has 52 heavy (non-hydrogen) atoms. The summed E-state index contributed by atoms with van der Waals surface area (Å²) in [5.74, 6) is 0. The van der Waals surface area contributed by atoms with Crippen molar-refractivity contribution in [2.45, 2.75) is 26.2 Å². The molecule has 0 aliphatic rings. The lowest BCUT2D eigenvalue weighted by molar-refractivity contribution is 0.601. The summed E-state index contributed by atoms with van der Waals surface area (Å²) in [5, 5.41) is 15.5. The molecule has 0 aliphatic heterocycles. The van der Waals surface area contributed by atoms with Crippen molar-refractivity contribution in [2.75, 3.05) is 0 Å². The van der Waals surface area contributed by atoms with Crippen LogP contribution in [0.1, 0.15) is 26.3 Å². The maximum absolute atomic E-state index is 2.45. The third-order valence-electron chi connectivity index (χ3n) is 11.1. The smallest absolute Gasteiger partial charge is 0.00204 e. The molecule has 0 saturated carbocycles. The van der Waals surface area contributed by atoms with Crippen LogP contribution in [0.5, 0.6) is 0 Å². The van der Waals surface area contributed by atoms with E-state index in [1.54, 1.807) is 0 Å². The van der Waals surface area contributed by atoms with E-state index in [0.717, 1.165) is 0 Å². The lowest BCUT2D eigenvalue weighted by atomic mass is 9.77. The molecule has 0 bridgehead atoms. The molecule has 10 rings (SSSR count). The second-order valence-electron chi connectivity index (χ2n) is 15.3. The lowest BCUT2D eigenvalue weighted by Gasteiger charge is -2.27. The fraction of sp³-hybridized carbons (Fsp3) is 0.0769. The summed E-state index contributed by atoms with van der Waals surface area (Å²) in [6.45, 7) is 7.06. The van der Waals surface area contributed by atoms with E-state index in [2.05, 4.69) is 197 Å². The van der Waals surface area contributed by atoms with Gasteiger partial charge in [-0.25, -0.2) is 0 Å². The van der Waals surface area contributed by atoms with Crippen LogP contribution >= 0.6 is 0 Å². The molecule has 0 heteroatoms. The highest BCUT2D eigenvalue weighted by atomic mass is 14.3. The second kappa shape index (κ2) is 11.7. The third kappa shape index (κ3) is 4.83. The first-order valence-corrected chi connectivity index (χ1v) is 18.3. The average Bonchev–Trinajstić information content (AvgIpc) is 3.18. The second-order valence-corrected chi connectivity index (χ2v) is 15.3. The fourth-order valence-corrected chi connectivity index (χ4v) is 8.79. The Morgan fingerprint density at radius 2 is 0.827 bits per heavy atom. The Morgan fingerprint density at radius 3 is 1.60 bits per heavy atom. The minimum absolute atomic E-state index is 0.0551. The van der Waals surface area contributed by atoms with E-state index in [9.17, 15) is 0 Å². The van der Waals surface area contributed by atoms with Crippen LogP contribution in [-0.4, -0.2) is 0 Å². The Hall–Kier alpha value is -6.24. The maximum atomic E-state index is 2.45. The molecule has 0 spiro atoms. The molecular formula is C52H38. The monoisotopic (exact) mass is 662 g/mol. The molecule has 0 saturated heterocycles. The first-order chi connectivity index (χ1) is 25.4. The summed E-state index contributed by atoms with van der Waals surface area (Å²) in [7, 11) is 0. The molecular weight excluding hydrogens is 625 g/mol. The van der Waals surface area contributed by atoms with Crippen molar-refractivity contribution in [1.29, 1.82) is 0 Å². The number of hydrogen-bond donors (Lipinski definition) is 0. The van der Waals surface area contributed by atoms with Crippen molar-refractivity contribution in [3.8, 4) is 33.4 Å². The van der Waals surface area contributed by atoms with E-state index < -0.39 is 0 Å². The summed E-state index contributed by atoms with van der Waals surface area (Å²) in [6.07, 6.45) is 0. The van der Waals surface area contributed by atoms with Gasteiger partial charge in [-0.15, -0.1) is 0 Å². The molecule has 246 valence electrons. The Kier molecular flexibility index (Phi) is 6.85. The van der Waals surface area contributed by atoms with Crippen LogP contribution in [0.3, 0.4) is 0 Å². The van der Waals surface area contributed by atoms with Crippen molar-refractivity contribution in [3.05, 3.63) is 181 Å². The van der Waals surface area contributed by atoms with E-state index in [4.69, 9.17) is 0 Å². The summed E-state index contributed by atoms with van der Waals surface area (Å²) in [4.78, 5) is 0. The van der Waals surface area contributed by atoms with E-state index >= 15 is 0 Å². The van der Waals surface area contributed by atoms with Crippen molar-refractivity contribution >= 4 is 64.6 Å². The maximum Gasteiger partial charge on any atom is -0.00204 e. The number of hydrogen-bond acceptors (Lipinski definition) is 0. The van der Waals surface area contributed by atoms with Gasteiger partial charge in [0.1, 0.15) is 0 Å². The largest absolute Gasteiger partial charge is 0.0616 e. The fourth-order valence-electron chi connectivity index (χ4n) is 8.79. The standard InChI is InChI=1S/C52H38/c1-52(2,3)51-47-21-11-10-20-45(47)50(44-22-12-15-33-13-4-6-16-40(33)44)46-28-27-37(31-49(46)51)35-23-24-36-30-39(26-25-34(36)29-35)48-32-38-14-5-7-17-41(38)42-18-8-9-19-43(42)48/h4-32H,1-3H3. The molecule has 0 atom stereocenters. The predicted molar refractivity (Wildman–Crippen MR) is 226 cm³/mol. The van der Waals surface area contributed by atoms with Crippen LogP contribution in [0.2, 0.25) is 0 Å². The van der Waals surface area contributed by atoms with Crippen molar-refractivity contribution in [3.63, 3.8) is 0 Å². The number of fused-ring (bicyclic) bond motifs is 7. The van der Waals surface area contributed by atoms with Crippen LogP contribution in [-0.2, 0) is 5.41 Å². The zero-order valence-corrected chi connectivity index (χ0v) is 29.7. The van der Waals surface area contributed by atoms with E-state index in [-0.39, 0.29) is 5.41 Å². The molecule has 10 aromatic carbocycles. The Morgan fingerprint density at radius 1 is 0.288 bits per heavy atom. The van der Waals surface area contributed by atoms with Crippen molar-refractivity contribution in [2.24, 2.45) is 0 Å². The summed E-state index contributed by atoms with van der Waals surface area (Å²) in [5.41, 5.74) is 8.94. The molecule has 0 N–H and O–H groups in total. The molecule has 10 aromatic rings. The van der Waals surface area contributed by atoms with Crippen molar-refractivity contribution in [1.82, 2.24) is 0 Å². The van der Waals surface area contributed by atoms with Gasteiger partial charge in [0.15, 0.2) is 0 Å². The molecule has 0 heterocycles. The average molecular weight is 663 g/mol. The summed E-state index contributed by atoms with van der Waals surface area (Å²) >= 11 is 0. The first kappa shape index (κ1) is 30.6. The Bertz CT molecular complexity index is 3040. The van der Waals surface area contributed by atoms with Gasteiger partial charge in [-0.2, -0.15) is 0 Å². The van der Waals surface area contributed by atoms with Gasteiger partial charge in [-0.05, 0) is 133 Å².